The number of anilines is 1. The molecule has 5 heterocycles. The molecule has 0 radical (unpaired) electrons. The van der Waals surface area contributed by atoms with Crippen LogP contribution in [0.1, 0.15) is 32.8 Å². The minimum atomic E-state index is -0.514. The molecule has 2 unspecified atom stereocenters. The Morgan fingerprint density at radius 3 is 2.56 bits per heavy atom. The van der Waals surface area contributed by atoms with Crippen molar-refractivity contribution < 1.29 is 18.7 Å². The summed E-state index contributed by atoms with van der Waals surface area (Å²) in [7, 11) is 0. The lowest BCUT2D eigenvalue weighted by molar-refractivity contribution is -0.0386. The third-order valence-corrected chi connectivity index (χ3v) is 6.53. The van der Waals surface area contributed by atoms with Crippen LogP contribution in [-0.2, 0) is 11.3 Å². The van der Waals surface area contributed by atoms with Crippen molar-refractivity contribution in [1.82, 2.24) is 19.7 Å². The molecule has 36 heavy (non-hydrogen) atoms. The van der Waals surface area contributed by atoms with E-state index in [1.807, 2.05) is 80.4 Å². The smallest absolute Gasteiger partial charge is 0.410 e. The van der Waals surface area contributed by atoms with Gasteiger partial charge in [-0.1, -0.05) is 30.3 Å². The number of hydrogen-bond donors (Lipinski definition) is 0. The Balaban J connectivity index is 1.28. The maximum absolute atomic E-state index is 12.7. The van der Waals surface area contributed by atoms with E-state index in [2.05, 4.69) is 10.00 Å². The highest BCUT2D eigenvalue weighted by Crippen LogP contribution is 2.39. The molecule has 2 atom stereocenters. The summed E-state index contributed by atoms with van der Waals surface area (Å²) in [5.74, 6) is 0.650. The van der Waals surface area contributed by atoms with E-state index < -0.39 is 5.60 Å². The van der Waals surface area contributed by atoms with Crippen LogP contribution in [0.25, 0.3) is 16.8 Å². The van der Waals surface area contributed by atoms with Crippen LogP contribution < -0.4 is 9.64 Å². The number of rotatable bonds is 5. The summed E-state index contributed by atoms with van der Waals surface area (Å²) < 4.78 is 19.9. The number of fused-ring (bicyclic) bond motifs is 3. The van der Waals surface area contributed by atoms with Crippen molar-refractivity contribution in [3.05, 3.63) is 66.5 Å². The first-order valence-corrected chi connectivity index (χ1v) is 12.2. The van der Waals surface area contributed by atoms with Gasteiger partial charge in [-0.3, -0.25) is 4.90 Å². The molecular formula is C27H29N5O4. The number of aromatic nitrogens is 3. The van der Waals surface area contributed by atoms with Crippen molar-refractivity contribution in [3.8, 4) is 11.4 Å². The van der Waals surface area contributed by atoms with Crippen molar-refractivity contribution in [1.29, 1.82) is 0 Å². The van der Waals surface area contributed by atoms with E-state index in [9.17, 15) is 4.79 Å². The Morgan fingerprint density at radius 2 is 1.86 bits per heavy atom. The fraction of sp³-hybridized carbons (Fsp3) is 0.370. The summed E-state index contributed by atoms with van der Waals surface area (Å²) in [5.41, 5.74) is 2.61. The lowest BCUT2D eigenvalue weighted by Crippen LogP contribution is -2.70. The third-order valence-electron chi connectivity index (χ3n) is 6.53. The minimum absolute atomic E-state index is 0.0769. The molecule has 0 aliphatic carbocycles. The van der Waals surface area contributed by atoms with Gasteiger partial charge >= 0.3 is 6.09 Å². The predicted molar refractivity (Wildman–Crippen MR) is 134 cm³/mol. The topological polar surface area (TPSA) is 85.9 Å². The monoisotopic (exact) mass is 487 g/mol. The molecule has 9 nitrogen and oxygen atoms in total. The van der Waals surface area contributed by atoms with Crippen molar-refractivity contribution in [2.75, 3.05) is 18.0 Å². The van der Waals surface area contributed by atoms with Crippen LogP contribution in [0.2, 0.25) is 0 Å². The number of ether oxygens (including phenoxy) is 2. The van der Waals surface area contributed by atoms with E-state index in [1.54, 1.807) is 10.9 Å². The first-order valence-electron chi connectivity index (χ1n) is 12.2. The van der Waals surface area contributed by atoms with Gasteiger partial charge in [-0.2, -0.15) is 10.1 Å². The summed E-state index contributed by atoms with van der Waals surface area (Å²) >= 11 is 0. The molecule has 186 valence electrons. The molecule has 9 heteroatoms. The maximum atomic E-state index is 12.7. The van der Waals surface area contributed by atoms with Gasteiger partial charge in [0.15, 0.2) is 11.1 Å². The highest BCUT2D eigenvalue weighted by Gasteiger charge is 2.49. The second kappa shape index (κ2) is 8.58. The molecule has 3 aliphatic heterocycles. The van der Waals surface area contributed by atoms with Crippen LogP contribution in [-0.4, -0.2) is 56.5 Å². The highest BCUT2D eigenvalue weighted by molar-refractivity contribution is 5.88. The fourth-order valence-electron chi connectivity index (χ4n) is 4.92. The molecule has 3 aliphatic rings. The van der Waals surface area contributed by atoms with E-state index in [0.717, 1.165) is 17.7 Å². The Morgan fingerprint density at radius 1 is 1.08 bits per heavy atom. The van der Waals surface area contributed by atoms with E-state index in [4.69, 9.17) is 18.9 Å². The number of nitrogens with zero attached hydrogens (tertiary/aromatic N) is 5. The summed E-state index contributed by atoms with van der Waals surface area (Å²) in [4.78, 5) is 21.5. The zero-order valence-electron chi connectivity index (χ0n) is 20.6. The molecule has 2 aromatic heterocycles. The summed E-state index contributed by atoms with van der Waals surface area (Å²) in [5, 5.41) is 4.38. The molecule has 0 N–H and O–H groups in total. The molecule has 2 bridgehead atoms. The predicted octanol–water partition coefficient (Wildman–Crippen LogP) is 4.79. The molecule has 3 saturated heterocycles. The van der Waals surface area contributed by atoms with Gasteiger partial charge in [0.25, 0.3) is 6.01 Å². The zero-order chi connectivity index (χ0) is 24.9. The van der Waals surface area contributed by atoms with Crippen LogP contribution in [0.15, 0.2) is 65.3 Å². The van der Waals surface area contributed by atoms with Crippen molar-refractivity contribution in [2.45, 2.75) is 51.5 Å². The molecule has 1 amide bonds. The third kappa shape index (κ3) is 4.14. The Bertz CT molecular complexity index is 1360. The molecule has 3 fully saturated rings. The molecule has 4 aromatic rings. The highest BCUT2D eigenvalue weighted by atomic mass is 16.6. The normalized spacial score (nSPS) is 19.3. The zero-order valence-corrected chi connectivity index (χ0v) is 20.6. The number of oxazole rings is 1. The van der Waals surface area contributed by atoms with Crippen molar-refractivity contribution in [3.63, 3.8) is 0 Å². The maximum Gasteiger partial charge on any atom is 0.410 e. The fourth-order valence-corrected chi connectivity index (χ4v) is 4.92. The largest absolute Gasteiger partial charge is 0.486 e. The van der Waals surface area contributed by atoms with Crippen molar-refractivity contribution >= 4 is 23.2 Å². The van der Waals surface area contributed by atoms with Gasteiger partial charge in [0.1, 0.15) is 23.6 Å². The molecule has 0 spiro atoms. The van der Waals surface area contributed by atoms with E-state index >= 15 is 0 Å². The van der Waals surface area contributed by atoms with Gasteiger partial charge in [-0.25, -0.2) is 9.48 Å². The Kier molecular flexibility index (Phi) is 5.35. The molecule has 0 saturated carbocycles. The number of piperazine rings is 1. The standard InChI is InChI=1S/C27H29N5O4/c1-27(2,3)36-26(33)32-19-14-20(32)16-30(15-19)25-29-23-22(34-17-18-8-5-4-6-9-18)11-10-21(24(23)35-25)31-13-7-12-28-31/h4-13,19-20H,14-17H2,1-3H3. The van der Waals surface area contributed by atoms with Gasteiger partial charge in [0.05, 0.1) is 12.1 Å². The van der Waals surface area contributed by atoms with Gasteiger partial charge in [-0.15, -0.1) is 0 Å². The number of carbonyl (C=O) groups excluding carboxylic acids is 1. The summed E-state index contributed by atoms with van der Waals surface area (Å²) in [6.07, 6.45) is 4.31. The second-order valence-corrected chi connectivity index (χ2v) is 10.3. The van der Waals surface area contributed by atoms with E-state index in [1.165, 1.54) is 0 Å². The average Bonchev–Trinajstić information content (AvgIpc) is 3.53. The lowest BCUT2D eigenvalue weighted by atomic mass is 9.88. The van der Waals surface area contributed by atoms with E-state index in [0.29, 0.717) is 42.6 Å². The quantitative estimate of drug-likeness (QED) is 0.400. The minimum Gasteiger partial charge on any atom is -0.486 e. The van der Waals surface area contributed by atoms with Crippen LogP contribution in [0, 0.1) is 0 Å². The van der Waals surface area contributed by atoms with Gasteiger partial charge in [0, 0.05) is 25.5 Å². The number of hydrogen-bond acceptors (Lipinski definition) is 7. The summed E-state index contributed by atoms with van der Waals surface area (Å²) in [6.45, 7) is 7.37. The first kappa shape index (κ1) is 22.5. The molecule has 7 rings (SSSR count). The van der Waals surface area contributed by atoms with Gasteiger partial charge in [0.2, 0.25) is 0 Å². The van der Waals surface area contributed by atoms with E-state index in [-0.39, 0.29) is 18.2 Å². The SMILES string of the molecule is CC(C)(C)OC(=O)N1C2CC1CN(c1nc3c(OCc4ccccc4)ccc(-n4cccn4)c3o1)C2. The number of carbonyl (C=O) groups is 1. The second-order valence-electron chi connectivity index (χ2n) is 10.3. The van der Waals surface area contributed by atoms with Crippen LogP contribution in [0.5, 0.6) is 5.75 Å². The van der Waals surface area contributed by atoms with Gasteiger partial charge in [-0.05, 0) is 51.0 Å². The number of piperidine rings is 1. The molecular weight excluding hydrogens is 458 g/mol. The van der Waals surface area contributed by atoms with Crippen LogP contribution >= 0.6 is 0 Å². The lowest BCUT2D eigenvalue weighted by Gasteiger charge is -2.55. The summed E-state index contributed by atoms with van der Waals surface area (Å²) in [6, 6.07) is 16.4. The van der Waals surface area contributed by atoms with Crippen LogP contribution in [0.3, 0.4) is 0 Å². The average molecular weight is 488 g/mol. The van der Waals surface area contributed by atoms with Crippen molar-refractivity contribution in [2.24, 2.45) is 0 Å². The Labute approximate surface area is 209 Å². The Hall–Kier alpha value is -4.01. The van der Waals surface area contributed by atoms with Crippen LogP contribution in [0.4, 0.5) is 10.8 Å². The first-order chi connectivity index (χ1) is 17.4. The number of benzene rings is 2. The van der Waals surface area contributed by atoms with Gasteiger partial charge < -0.3 is 18.8 Å². The number of amides is 1. The molecule has 2 aromatic carbocycles.